The molecule has 3 heterocycles. The molecule has 0 saturated carbocycles. The number of anilines is 2. The van der Waals surface area contributed by atoms with Crippen LogP contribution in [0.1, 0.15) is 33.1 Å². The highest BCUT2D eigenvalue weighted by Gasteiger charge is 2.51. The lowest BCUT2D eigenvalue weighted by Gasteiger charge is -2.39. The van der Waals surface area contributed by atoms with Gasteiger partial charge in [-0.1, -0.05) is 42.6 Å². The third kappa shape index (κ3) is 3.69. The van der Waals surface area contributed by atoms with Gasteiger partial charge >= 0.3 is 6.09 Å². The minimum absolute atomic E-state index is 0.0841. The average molecular weight is 450 g/mol. The Balaban J connectivity index is 1.20. The van der Waals surface area contributed by atoms with Crippen molar-refractivity contribution in [1.82, 2.24) is 9.80 Å². The fraction of sp³-hybridized carbons (Fsp3) is 0.423. The molecule has 3 aliphatic heterocycles. The molecular formula is C26H31N3O2S. The number of likely N-dealkylation sites (tertiary alicyclic amines) is 1. The minimum Gasteiger partial charge on any atom is -0.436 e. The Labute approximate surface area is 195 Å². The molecule has 2 aromatic rings. The van der Waals surface area contributed by atoms with Gasteiger partial charge in [0.25, 0.3) is 0 Å². The number of rotatable bonds is 5. The lowest BCUT2D eigenvalue weighted by Crippen LogP contribution is -2.46. The van der Waals surface area contributed by atoms with Crippen LogP contribution < -0.4 is 4.90 Å². The zero-order valence-electron chi connectivity index (χ0n) is 18.9. The molecule has 0 N–H and O–H groups in total. The van der Waals surface area contributed by atoms with Crippen molar-refractivity contribution >= 4 is 29.2 Å². The lowest BCUT2D eigenvalue weighted by molar-refractivity contribution is 0.0146. The maximum atomic E-state index is 12.4. The predicted molar refractivity (Wildman–Crippen MR) is 130 cm³/mol. The summed E-state index contributed by atoms with van der Waals surface area (Å²) in [6.07, 6.45) is 2.50. The Morgan fingerprint density at radius 2 is 1.59 bits per heavy atom. The number of benzene rings is 2. The Hall–Kier alpha value is -2.44. The van der Waals surface area contributed by atoms with Gasteiger partial charge in [0.05, 0.1) is 17.1 Å². The van der Waals surface area contributed by atoms with Crippen molar-refractivity contribution in [3.05, 3.63) is 60.8 Å². The molecule has 5 nitrogen and oxygen atoms in total. The summed E-state index contributed by atoms with van der Waals surface area (Å²) < 4.78 is 5.85. The van der Waals surface area contributed by atoms with Crippen LogP contribution in [0.5, 0.6) is 0 Å². The maximum Gasteiger partial charge on any atom is 0.415 e. The molecular weight excluding hydrogens is 418 g/mol. The van der Waals surface area contributed by atoms with Gasteiger partial charge in [-0.25, -0.2) is 4.79 Å². The van der Waals surface area contributed by atoms with Crippen LogP contribution in [0.4, 0.5) is 16.2 Å². The molecule has 0 atom stereocenters. The molecule has 0 unspecified atom stereocenters. The lowest BCUT2D eigenvalue weighted by atomic mass is 9.88. The second-order valence-electron chi connectivity index (χ2n) is 9.16. The Morgan fingerprint density at radius 3 is 2.16 bits per heavy atom. The van der Waals surface area contributed by atoms with Crippen LogP contribution in [0.2, 0.25) is 0 Å². The third-order valence-electron chi connectivity index (χ3n) is 6.86. The van der Waals surface area contributed by atoms with E-state index < -0.39 is 5.60 Å². The molecule has 1 spiro atoms. The van der Waals surface area contributed by atoms with Gasteiger partial charge in [0.1, 0.15) is 0 Å². The summed E-state index contributed by atoms with van der Waals surface area (Å²) in [5.41, 5.74) is 2.95. The summed E-state index contributed by atoms with van der Waals surface area (Å²) in [5, 5.41) is 0. The molecule has 0 radical (unpaired) electrons. The molecule has 3 aliphatic rings. The number of carbonyl (C=O) groups excluding carboxylic acids is 1. The smallest absolute Gasteiger partial charge is 0.415 e. The Kier molecular flexibility index (Phi) is 5.68. The monoisotopic (exact) mass is 449 g/mol. The van der Waals surface area contributed by atoms with E-state index in [0.717, 1.165) is 51.1 Å². The van der Waals surface area contributed by atoms with Crippen molar-refractivity contribution in [2.75, 3.05) is 31.1 Å². The second kappa shape index (κ2) is 8.49. The summed E-state index contributed by atoms with van der Waals surface area (Å²) in [6.45, 7) is 12.1. The van der Waals surface area contributed by atoms with Gasteiger partial charge in [0.15, 0.2) is 5.60 Å². The van der Waals surface area contributed by atoms with Crippen LogP contribution >= 0.6 is 11.8 Å². The van der Waals surface area contributed by atoms with Gasteiger partial charge in [-0.3, -0.25) is 4.90 Å². The quantitative estimate of drug-likeness (QED) is 0.569. The van der Waals surface area contributed by atoms with Gasteiger partial charge in [-0.05, 0) is 51.1 Å². The standard InChI is InChI=1S/C26H31N3O2S/c1-19(2)29-20(3)26(31-25(29)30)13-17-27(18-14-26)15-8-16-28-21-9-4-6-11-23(21)32-24-12-7-5-10-22(24)28/h4-7,9-12,19H,3,8,13-18H2,1-2H3. The normalized spacial score (nSPS) is 20.0. The number of fused-ring (bicyclic) bond motifs is 2. The van der Waals surface area contributed by atoms with Crippen LogP contribution in [0.25, 0.3) is 0 Å². The minimum atomic E-state index is -0.500. The van der Waals surface area contributed by atoms with Gasteiger partial charge in [-0.15, -0.1) is 0 Å². The fourth-order valence-corrected chi connectivity index (χ4v) is 6.23. The van der Waals surface area contributed by atoms with Gasteiger partial charge in [-0.2, -0.15) is 0 Å². The van der Waals surface area contributed by atoms with Crippen LogP contribution in [-0.4, -0.2) is 53.7 Å². The highest BCUT2D eigenvalue weighted by atomic mass is 32.2. The average Bonchev–Trinajstić information content (AvgIpc) is 3.03. The van der Waals surface area contributed by atoms with E-state index in [1.807, 2.05) is 25.6 Å². The predicted octanol–water partition coefficient (Wildman–Crippen LogP) is 5.89. The van der Waals surface area contributed by atoms with Crippen LogP contribution in [-0.2, 0) is 4.74 Å². The molecule has 0 bridgehead atoms. The first-order chi connectivity index (χ1) is 15.5. The van der Waals surface area contributed by atoms with Crippen molar-refractivity contribution in [1.29, 1.82) is 0 Å². The van der Waals surface area contributed by atoms with E-state index in [4.69, 9.17) is 4.74 Å². The van der Waals surface area contributed by atoms with Crippen LogP contribution in [0.15, 0.2) is 70.6 Å². The summed E-state index contributed by atoms with van der Waals surface area (Å²) in [4.78, 5) is 21.7. The summed E-state index contributed by atoms with van der Waals surface area (Å²) in [7, 11) is 0. The molecule has 168 valence electrons. The number of carbonyl (C=O) groups is 1. The Bertz CT molecular complexity index is 984. The summed E-state index contributed by atoms with van der Waals surface area (Å²) >= 11 is 1.86. The third-order valence-corrected chi connectivity index (χ3v) is 7.99. The molecule has 2 fully saturated rings. The first-order valence-corrected chi connectivity index (χ1v) is 12.4. The van der Waals surface area contributed by atoms with Crippen molar-refractivity contribution in [2.24, 2.45) is 0 Å². The fourth-order valence-electron chi connectivity index (χ4n) is 5.13. The first-order valence-electron chi connectivity index (χ1n) is 11.6. The van der Waals surface area contributed by atoms with E-state index in [0.29, 0.717) is 0 Å². The zero-order valence-corrected chi connectivity index (χ0v) is 19.7. The van der Waals surface area contributed by atoms with E-state index in [-0.39, 0.29) is 12.1 Å². The van der Waals surface area contributed by atoms with Crippen molar-refractivity contribution in [3.8, 4) is 0 Å². The zero-order chi connectivity index (χ0) is 22.3. The van der Waals surface area contributed by atoms with E-state index in [1.54, 1.807) is 4.90 Å². The molecule has 2 aromatic carbocycles. The van der Waals surface area contributed by atoms with Gasteiger partial charge < -0.3 is 14.5 Å². The van der Waals surface area contributed by atoms with Gasteiger partial charge in [0.2, 0.25) is 0 Å². The second-order valence-corrected chi connectivity index (χ2v) is 10.2. The Morgan fingerprint density at radius 1 is 1.00 bits per heavy atom. The molecule has 32 heavy (non-hydrogen) atoms. The molecule has 6 heteroatoms. The number of para-hydroxylation sites is 2. The number of ether oxygens (including phenoxy) is 1. The van der Waals surface area contributed by atoms with Crippen LogP contribution in [0.3, 0.4) is 0 Å². The SMILES string of the molecule is C=C1N(C(C)C)C(=O)OC12CCN(CCCN1c3ccccc3Sc3ccccc31)CC2. The van der Waals surface area contributed by atoms with Crippen molar-refractivity contribution in [2.45, 2.75) is 54.5 Å². The van der Waals surface area contributed by atoms with E-state index in [2.05, 4.69) is 64.9 Å². The molecule has 1 amide bonds. The van der Waals surface area contributed by atoms with Crippen LogP contribution in [0, 0.1) is 0 Å². The largest absolute Gasteiger partial charge is 0.436 e. The van der Waals surface area contributed by atoms with E-state index in [1.165, 1.54) is 21.2 Å². The van der Waals surface area contributed by atoms with Crippen molar-refractivity contribution in [3.63, 3.8) is 0 Å². The topological polar surface area (TPSA) is 36.0 Å². The van der Waals surface area contributed by atoms with Crippen molar-refractivity contribution < 1.29 is 9.53 Å². The highest BCUT2D eigenvalue weighted by Crippen LogP contribution is 2.48. The molecule has 2 saturated heterocycles. The highest BCUT2D eigenvalue weighted by molar-refractivity contribution is 7.99. The van der Waals surface area contributed by atoms with E-state index >= 15 is 0 Å². The van der Waals surface area contributed by atoms with Gasteiger partial charge in [0, 0.05) is 48.3 Å². The van der Waals surface area contributed by atoms with E-state index in [9.17, 15) is 4.79 Å². The summed E-state index contributed by atoms with van der Waals surface area (Å²) in [5.74, 6) is 0. The number of hydrogen-bond donors (Lipinski definition) is 0. The summed E-state index contributed by atoms with van der Waals surface area (Å²) in [6, 6.07) is 17.4. The number of amides is 1. The molecule has 5 rings (SSSR count). The first kappa shape index (κ1) is 21.4. The number of piperidine rings is 1. The molecule has 0 aromatic heterocycles. The molecule has 0 aliphatic carbocycles. The maximum absolute atomic E-state index is 12.4. The number of nitrogens with zero attached hydrogens (tertiary/aromatic N) is 3. The number of hydrogen-bond acceptors (Lipinski definition) is 5.